The van der Waals surface area contributed by atoms with E-state index in [0.717, 1.165) is 4.90 Å². The molecule has 1 aromatic carbocycles. The molecule has 60 heavy (non-hydrogen) atoms. The molecule has 2 aromatic heterocycles. The Kier molecular flexibility index (Phi) is 11.6. The number of rotatable bonds is 13. The number of hydrogen-bond donors (Lipinski definition) is 2. The van der Waals surface area contributed by atoms with E-state index in [4.69, 9.17) is 26.1 Å². The van der Waals surface area contributed by atoms with E-state index in [2.05, 4.69) is 21.6 Å². The van der Waals surface area contributed by atoms with E-state index in [1.54, 1.807) is 63.4 Å². The van der Waals surface area contributed by atoms with Crippen molar-refractivity contribution in [1.29, 1.82) is 0 Å². The lowest BCUT2D eigenvalue weighted by Crippen LogP contribution is -2.57. The van der Waals surface area contributed by atoms with Gasteiger partial charge in [-0.3, -0.25) is 28.9 Å². The zero-order valence-corrected chi connectivity index (χ0v) is 35.5. The molecule has 0 bridgehead atoms. The number of nitrogens with zero attached hydrogens (tertiary/aromatic N) is 4. The van der Waals surface area contributed by atoms with Crippen molar-refractivity contribution in [1.82, 2.24) is 29.8 Å². The molecule has 18 heteroatoms. The molecule has 4 heterocycles. The molecule has 14 nitrogen and oxygen atoms in total. The first-order valence-corrected chi connectivity index (χ1v) is 21.9. The number of alkyl halides is 2. The molecule has 2 N–H and O–H groups in total. The maximum absolute atomic E-state index is 14.9. The molecular weight excluding hydrogens is 822 g/mol. The number of nitrogens with one attached hydrogen (secondary N) is 2. The van der Waals surface area contributed by atoms with Gasteiger partial charge >= 0.3 is 0 Å². The summed E-state index contributed by atoms with van der Waals surface area (Å²) in [4.78, 5) is 68.3. The van der Waals surface area contributed by atoms with Crippen LogP contribution in [0.3, 0.4) is 0 Å². The van der Waals surface area contributed by atoms with Crippen molar-refractivity contribution in [2.45, 2.75) is 94.6 Å². The largest absolute Gasteiger partial charge is 0.495 e. The molecule has 0 spiro atoms. The van der Waals surface area contributed by atoms with Gasteiger partial charge in [0.1, 0.15) is 23.4 Å². The summed E-state index contributed by atoms with van der Waals surface area (Å²) in [5.41, 5.74) is -1.58. The van der Waals surface area contributed by atoms with Crippen LogP contribution in [0, 0.1) is 17.3 Å². The summed E-state index contributed by atoms with van der Waals surface area (Å²) >= 11 is 6.80. The Morgan fingerprint density at radius 3 is 2.48 bits per heavy atom. The van der Waals surface area contributed by atoms with Crippen molar-refractivity contribution < 1.29 is 45.9 Å². The van der Waals surface area contributed by atoms with Gasteiger partial charge in [0.15, 0.2) is 0 Å². The third-order valence-corrected chi connectivity index (χ3v) is 14.1. The molecule has 2 aliphatic carbocycles. The monoisotopic (exact) mass is 870 g/mol. The van der Waals surface area contributed by atoms with Gasteiger partial charge in [0.05, 0.1) is 47.8 Å². The fraction of sp³-hybridized carbons (Fsp3) is 0.524. The highest BCUT2D eigenvalue weighted by Crippen LogP contribution is 2.46. The average molecular weight is 871 g/mol. The molecule has 5 atom stereocenters. The van der Waals surface area contributed by atoms with E-state index in [1.165, 1.54) is 18.1 Å². The smallest absolute Gasteiger partial charge is 0.265 e. The number of carbonyl (C=O) groups excluding carboxylic acids is 4. The highest BCUT2D eigenvalue weighted by atomic mass is 35.5. The number of pyridine rings is 2. The second kappa shape index (κ2) is 16.2. The number of hydrogen-bond acceptors (Lipinski definition) is 10. The predicted molar refractivity (Wildman–Crippen MR) is 219 cm³/mol. The lowest BCUT2D eigenvalue weighted by Gasteiger charge is -2.37. The van der Waals surface area contributed by atoms with E-state index in [-0.39, 0.29) is 49.7 Å². The topological polar surface area (TPSA) is 177 Å². The second-order valence-corrected chi connectivity index (χ2v) is 19.6. The van der Waals surface area contributed by atoms with Crippen molar-refractivity contribution in [2.75, 3.05) is 26.7 Å². The predicted octanol–water partition coefficient (Wildman–Crippen LogP) is 5.29. The van der Waals surface area contributed by atoms with Crippen LogP contribution in [0.4, 0.5) is 8.78 Å². The van der Waals surface area contributed by atoms with Gasteiger partial charge in [-0.25, -0.2) is 22.2 Å². The minimum Gasteiger partial charge on any atom is -0.495 e. The van der Waals surface area contributed by atoms with Crippen LogP contribution < -0.4 is 19.5 Å². The van der Waals surface area contributed by atoms with Crippen LogP contribution in [0.15, 0.2) is 55.3 Å². The number of fused-ring (bicyclic) bond motifs is 1. The molecule has 0 unspecified atom stereocenters. The number of halogens is 3. The number of piperidine rings is 1. The summed E-state index contributed by atoms with van der Waals surface area (Å²) in [5, 5.41) is 3.41. The van der Waals surface area contributed by atoms with Gasteiger partial charge in [-0.1, -0.05) is 44.5 Å². The molecule has 2 aliphatic heterocycles. The summed E-state index contributed by atoms with van der Waals surface area (Å²) in [6, 6.07) is 9.17. The Bertz CT molecular complexity index is 2330. The number of benzene rings is 1. The molecular formula is C42H49ClF2N6O8S. The van der Waals surface area contributed by atoms with E-state index in [0.29, 0.717) is 40.8 Å². The molecule has 4 amide bonds. The minimum atomic E-state index is -3.97. The van der Waals surface area contributed by atoms with Crippen LogP contribution in [-0.4, -0.2) is 107 Å². The first-order valence-electron chi connectivity index (χ1n) is 20.0. The SMILES string of the molecule is C=C[C@@H]1C[C@]1(NC(=O)[C@@H]1C[C@@H](Oc2nc(-c3ccccn3)cc3c(Cl)c(OC)ccc23)CN1C(=O)[C@@H](CC(=O)N1CCCC(F)(F)C1)C(C)(C)C)C(=O)NS(=O)(=O)C1CC1. The number of sulfonamides is 1. The normalized spacial score (nSPS) is 24.4. The molecule has 0 radical (unpaired) electrons. The van der Waals surface area contributed by atoms with E-state index in [1.807, 2.05) is 0 Å². The standard InChI is InChI=1S/C42H49ClF2N6O8S/c1-6-24-21-42(24,39(55)49-60(56,57)26-11-12-26)48-36(53)32-18-25(22-51(32)38(54)29(40(2,3)4)20-34(52)50-17-9-15-41(44,45)23-50)59-37-27-13-14-33(58-5)35(43)28(27)19-31(47-37)30-10-7-8-16-46-30/h6-8,10,13-14,16,19,24-26,29,32H,1,9,11-12,15,17-18,20-23H2,2-5H3,(H,48,53)(H,49,55)/t24-,25-,29-,32+,42-/m1/s1. The van der Waals surface area contributed by atoms with Crippen molar-refractivity contribution in [2.24, 2.45) is 17.3 Å². The minimum absolute atomic E-state index is 0.0783. The van der Waals surface area contributed by atoms with Gasteiger partial charge < -0.3 is 24.6 Å². The molecule has 2 saturated heterocycles. The van der Waals surface area contributed by atoms with Crippen LogP contribution in [0.2, 0.25) is 5.02 Å². The Morgan fingerprint density at radius 2 is 1.87 bits per heavy atom. The van der Waals surface area contributed by atoms with Gasteiger partial charge in [0.2, 0.25) is 33.6 Å². The number of carbonyl (C=O) groups is 4. The second-order valence-electron chi connectivity index (χ2n) is 17.3. The van der Waals surface area contributed by atoms with E-state index >= 15 is 0 Å². The van der Waals surface area contributed by atoms with Crippen molar-refractivity contribution >= 4 is 56.0 Å². The molecule has 7 rings (SSSR count). The summed E-state index contributed by atoms with van der Waals surface area (Å²) in [7, 11) is -2.48. The maximum Gasteiger partial charge on any atom is 0.265 e. The van der Waals surface area contributed by atoms with Crippen molar-refractivity contribution in [3.8, 4) is 23.0 Å². The molecule has 4 fully saturated rings. The van der Waals surface area contributed by atoms with Crippen LogP contribution in [0.1, 0.15) is 65.7 Å². The number of likely N-dealkylation sites (tertiary alicyclic amines) is 2. The van der Waals surface area contributed by atoms with E-state index < -0.39 is 92.7 Å². The lowest BCUT2D eigenvalue weighted by atomic mass is 9.77. The molecule has 322 valence electrons. The highest BCUT2D eigenvalue weighted by Gasteiger charge is 2.62. The fourth-order valence-electron chi connectivity index (χ4n) is 8.13. The summed E-state index contributed by atoms with van der Waals surface area (Å²) in [5.74, 6) is -7.03. The van der Waals surface area contributed by atoms with Gasteiger partial charge in [0.25, 0.3) is 11.8 Å². The number of amides is 4. The van der Waals surface area contributed by atoms with Crippen LogP contribution in [0.25, 0.3) is 22.2 Å². The third kappa shape index (κ3) is 8.78. The molecule has 3 aromatic rings. The first-order chi connectivity index (χ1) is 28.3. The van der Waals surface area contributed by atoms with Gasteiger partial charge in [-0.05, 0) is 61.4 Å². The fourth-order valence-corrected chi connectivity index (χ4v) is 9.79. The van der Waals surface area contributed by atoms with Gasteiger partial charge in [-0.2, -0.15) is 0 Å². The Hall–Kier alpha value is -4.90. The van der Waals surface area contributed by atoms with Gasteiger partial charge in [-0.15, -0.1) is 6.58 Å². The van der Waals surface area contributed by atoms with Crippen LogP contribution in [-0.2, 0) is 29.2 Å². The van der Waals surface area contributed by atoms with Gasteiger partial charge in [0, 0.05) is 48.7 Å². The van der Waals surface area contributed by atoms with Crippen LogP contribution in [0.5, 0.6) is 11.6 Å². The number of aromatic nitrogens is 2. The Labute approximate surface area is 352 Å². The lowest BCUT2D eigenvalue weighted by molar-refractivity contribution is -0.151. The zero-order valence-electron chi connectivity index (χ0n) is 33.9. The summed E-state index contributed by atoms with van der Waals surface area (Å²) in [6.07, 6.45) is 2.39. The quantitative estimate of drug-likeness (QED) is 0.215. The maximum atomic E-state index is 14.9. The first kappa shape index (κ1) is 43.2. The van der Waals surface area contributed by atoms with Crippen LogP contribution >= 0.6 is 11.6 Å². The average Bonchev–Trinajstić information content (AvgIpc) is 4.13. The van der Waals surface area contributed by atoms with Crippen molar-refractivity contribution in [3.63, 3.8) is 0 Å². The van der Waals surface area contributed by atoms with E-state index in [9.17, 15) is 36.4 Å². The van der Waals surface area contributed by atoms with Crippen molar-refractivity contribution in [3.05, 3.63) is 60.3 Å². The zero-order chi connectivity index (χ0) is 43.4. The third-order valence-electron chi connectivity index (χ3n) is 11.9. The molecule has 4 aliphatic rings. The Balaban J connectivity index is 1.23. The number of ether oxygens (including phenoxy) is 2. The molecule has 2 saturated carbocycles. The summed E-state index contributed by atoms with van der Waals surface area (Å²) in [6.45, 7) is 8.24. The summed E-state index contributed by atoms with van der Waals surface area (Å²) < 4.78 is 68.6. The Morgan fingerprint density at radius 1 is 1.12 bits per heavy atom. The number of methoxy groups -OCH3 is 1. The highest BCUT2D eigenvalue weighted by molar-refractivity contribution is 7.91.